The zero-order chi connectivity index (χ0) is 37.2. The summed E-state index contributed by atoms with van der Waals surface area (Å²) < 4.78 is 13.2. The second-order valence-corrected chi connectivity index (χ2v) is 14.4. The van der Waals surface area contributed by atoms with E-state index in [-0.39, 0.29) is 17.2 Å². The molecule has 9 heteroatoms. The SMILES string of the molecule is CC(=C(C#N)C#N)c1ccc2cc(N3CCC(CNCN(c4ccccc4)C4(C=O)CCN(CCCC(=O)c5ccc(F)cc5)CC4)CC3)ccc2c1. The van der Waals surface area contributed by atoms with Crippen molar-refractivity contribution in [3.05, 3.63) is 114 Å². The highest BCUT2D eigenvalue weighted by Gasteiger charge is 2.40. The fourth-order valence-corrected chi connectivity index (χ4v) is 7.75. The molecule has 4 aromatic carbocycles. The van der Waals surface area contributed by atoms with Crippen LogP contribution in [0.1, 0.15) is 61.4 Å². The number of nitrogens with zero attached hydrogens (tertiary/aromatic N) is 5. The average Bonchev–Trinajstić information content (AvgIpc) is 3.20. The average molecular weight is 711 g/mol. The van der Waals surface area contributed by atoms with Gasteiger partial charge in [-0.2, -0.15) is 10.5 Å². The maximum absolute atomic E-state index is 13.2. The minimum atomic E-state index is -0.613. The van der Waals surface area contributed by atoms with Crippen LogP contribution < -0.4 is 15.1 Å². The maximum Gasteiger partial charge on any atom is 0.162 e. The van der Waals surface area contributed by atoms with Crippen molar-refractivity contribution in [2.75, 3.05) is 55.7 Å². The third kappa shape index (κ3) is 9.00. The lowest BCUT2D eigenvalue weighted by atomic mass is 9.86. The molecule has 2 heterocycles. The monoisotopic (exact) mass is 710 g/mol. The first-order valence-corrected chi connectivity index (χ1v) is 18.6. The molecule has 2 aliphatic rings. The molecule has 53 heavy (non-hydrogen) atoms. The largest absolute Gasteiger partial charge is 0.371 e. The lowest BCUT2D eigenvalue weighted by Crippen LogP contribution is -2.59. The summed E-state index contributed by atoms with van der Waals surface area (Å²) in [6.45, 7) is 7.56. The zero-order valence-electron chi connectivity index (χ0n) is 30.4. The number of likely N-dealkylation sites (tertiary alicyclic amines) is 1. The number of Topliss-reactive ketones (excluding diaryl/α,β-unsaturated/α-hetero) is 1. The molecule has 2 fully saturated rings. The molecule has 0 amide bonds. The Bertz CT molecular complexity index is 1980. The normalized spacial score (nSPS) is 16.0. The van der Waals surface area contributed by atoms with E-state index in [0.717, 1.165) is 86.8 Å². The number of hydrogen-bond acceptors (Lipinski definition) is 8. The highest BCUT2D eigenvalue weighted by atomic mass is 19.1. The minimum absolute atomic E-state index is 0.0262. The third-order valence-electron chi connectivity index (χ3n) is 11.1. The molecule has 6 rings (SSSR count). The second kappa shape index (κ2) is 17.4. The van der Waals surface area contributed by atoms with E-state index < -0.39 is 5.54 Å². The van der Waals surface area contributed by atoms with Crippen LogP contribution in [0.5, 0.6) is 0 Å². The van der Waals surface area contributed by atoms with Crippen LogP contribution in [0.4, 0.5) is 15.8 Å². The number of piperidine rings is 2. The number of hydrogen-bond donors (Lipinski definition) is 1. The van der Waals surface area contributed by atoms with Crippen molar-refractivity contribution in [1.82, 2.24) is 10.2 Å². The molecule has 2 saturated heterocycles. The number of rotatable bonds is 14. The lowest BCUT2D eigenvalue weighted by Gasteiger charge is -2.47. The summed E-state index contributed by atoms with van der Waals surface area (Å²) in [7, 11) is 0. The van der Waals surface area contributed by atoms with Gasteiger partial charge < -0.3 is 19.5 Å². The molecule has 0 saturated carbocycles. The van der Waals surface area contributed by atoms with Crippen molar-refractivity contribution in [2.45, 2.75) is 51.0 Å². The first-order valence-electron chi connectivity index (χ1n) is 18.6. The van der Waals surface area contributed by atoms with Gasteiger partial charge in [0.15, 0.2) is 5.78 Å². The highest BCUT2D eigenvalue weighted by Crippen LogP contribution is 2.33. The number of carbonyl (C=O) groups is 2. The summed E-state index contributed by atoms with van der Waals surface area (Å²) in [5.74, 6) is 0.213. The van der Waals surface area contributed by atoms with Gasteiger partial charge in [-0.15, -0.1) is 0 Å². The van der Waals surface area contributed by atoms with Gasteiger partial charge in [0.25, 0.3) is 0 Å². The molecular weight excluding hydrogens is 664 g/mol. The summed E-state index contributed by atoms with van der Waals surface area (Å²) in [6.07, 6.45) is 5.85. The number of para-hydroxylation sites is 1. The molecule has 0 atom stereocenters. The van der Waals surface area contributed by atoms with Gasteiger partial charge in [-0.25, -0.2) is 4.39 Å². The Morgan fingerprint density at radius 1 is 0.906 bits per heavy atom. The van der Waals surface area contributed by atoms with Crippen LogP contribution in [0.25, 0.3) is 16.3 Å². The Morgan fingerprint density at radius 3 is 2.25 bits per heavy atom. The van der Waals surface area contributed by atoms with Crippen LogP contribution in [0.15, 0.2) is 96.6 Å². The summed E-state index contributed by atoms with van der Waals surface area (Å²) in [4.78, 5) is 32.5. The Hall–Kier alpha value is -5.35. The van der Waals surface area contributed by atoms with Crippen LogP contribution in [0.3, 0.4) is 0 Å². The number of anilines is 2. The third-order valence-corrected chi connectivity index (χ3v) is 11.1. The van der Waals surface area contributed by atoms with Crippen molar-refractivity contribution >= 4 is 39.8 Å². The quantitative estimate of drug-likeness (QED) is 0.0613. The Balaban J connectivity index is 1.00. The van der Waals surface area contributed by atoms with Crippen LogP contribution in [0.2, 0.25) is 0 Å². The van der Waals surface area contributed by atoms with Gasteiger partial charge in [0.2, 0.25) is 0 Å². The number of nitriles is 2. The number of allylic oxidation sites excluding steroid dienone is 2. The summed E-state index contributed by atoms with van der Waals surface area (Å²) in [5, 5.41) is 24.5. The van der Waals surface area contributed by atoms with Crippen molar-refractivity contribution in [3.63, 3.8) is 0 Å². The fourth-order valence-electron chi connectivity index (χ4n) is 7.75. The number of fused-ring (bicyclic) bond motifs is 1. The molecule has 8 nitrogen and oxygen atoms in total. The number of ketones is 1. The van der Waals surface area contributed by atoms with Crippen molar-refractivity contribution < 1.29 is 14.0 Å². The number of carbonyl (C=O) groups excluding carboxylic acids is 2. The Labute approximate surface area is 312 Å². The van der Waals surface area contributed by atoms with Gasteiger partial charge in [0, 0.05) is 49.5 Å². The highest BCUT2D eigenvalue weighted by molar-refractivity contribution is 5.96. The Morgan fingerprint density at radius 2 is 1.57 bits per heavy atom. The van der Waals surface area contributed by atoms with E-state index in [1.165, 1.54) is 17.8 Å². The van der Waals surface area contributed by atoms with Crippen molar-refractivity contribution in [3.8, 4) is 12.1 Å². The van der Waals surface area contributed by atoms with Gasteiger partial charge in [-0.1, -0.05) is 36.4 Å². The molecule has 0 radical (unpaired) electrons. The molecule has 4 aromatic rings. The Kier molecular flexibility index (Phi) is 12.3. The van der Waals surface area contributed by atoms with Gasteiger partial charge in [0.1, 0.15) is 29.8 Å². The fraction of sp³-hybridized carbons (Fsp3) is 0.364. The second-order valence-electron chi connectivity index (χ2n) is 14.4. The molecule has 0 aliphatic carbocycles. The van der Waals surface area contributed by atoms with Gasteiger partial charge in [0.05, 0.1) is 12.2 Å². The predicted octanol–water partition coefficient (Wildman–Crippen LogP) is 7.77. The summed E-state index contributed by atoms with van der Waals surface area (Å²) in [5.41, 5.74) is 3.88. The first kappa shape index (κ1) is 37.4. The van der Waals surface area contributed by atoms with E-state index in [2.05, 4.69) is 56.4 Å². The van der Waals surface area contributed by atoms with Crippen molar-refractivity contribution in [1.29, 1.82) is 10.5 Å². The van der Waals surface area contributed by atoms with E-state index >= 15 is 0 Å². The van der Waals surface area contributed by atoms with E-state index in [1.54, 1.807) is 12.1 Å². The van der Waals surface area contributed by atoms with Gasteiger partial charge in [-0.3, -0.25) is 10.1 Å². The molecule has 2 aliphatic heterocycles. The van der Waals surface area contributed by atoms with E-state index in [0.29, 0.717) is 43.0 Å². The number of aldehydes is 1. The molecular formula is C44H47FN6O2. The van der Waals surface area contributed by atoms with Crippen molar-refractivity contribution in [2.24, 2.45) is 5.92 Å². The molecule has 272 valence electrons. The molecule has 0 spiro atoms. The summed E-state index contributed by atoms with van der Waals surface area (Å²) >= 11 is 0. The summed E-state index contributed by atoms with van der Waals surface area (Å²) in [6, 6.07) is 32.5. The van der Waals surface area contributed by atoms with E-state index in [9.17, 15) is 24.5 Å². The van der Waals surface area contributed by atoms with E-state index in [4.69, 9.17) is 0 Å². The molecule has 0 aromatic heterocycles. The minimum Gasteiger partial charge on any atom is -0.371 e. The maximum atomic E-state index is 13.2. The molecule has 0 unspecified atom stereocenters. The standard InChI is InChI=1S/C44H47FN6O2/c1-33(39(28-46)29-47)36-9-10-38-27-42(16-13-37(38)26-36)50-22-17-34(18-23-50)30-48-32-51(41-6-3-2-4-7-41)44(31-52)19-24-49(25-20-44)21-5-8-43(53)35-11-14-40(45)15-12-35/h2-4,6-7,9-16,26-27,31,34,48H,5,8,17-25,30,32H2,1H3. The van der Waals surface area contributed by atoms with Crippen LogP contribution >= 0.6 is 0 Å². The van der Waals surface area contributed by atoms with Gasteiger partial charge in [-0.05, 0) is 135 Å². The van der Waals surface area contributed by atoms with E-state index in [1.807, 2.05) is 49.4 Å². The van der Waals surface area contributed by atoms with Crippen LogP contribution in [-0.2, 0) is 4.79 Å². The zero-order valence-corrected chi connectivity index (χ0v) is 30.4. The van der Waals surface area contributed by atoms with Crippen LogP contribution in [-0.4, -0.2) is 68.4 Å². The first-order chi connectivity index (χ1) is 25.8. The number of benzene rings is 4. The lowest BCUT2D eigenvalue weighted by molar-refractivity contribution is -0.114. The van der Waals surface area contributed by atoms with Crippen LogP contribution in [0, 0.1) is 34.4 Å². The molecule has 1 N–H and O–H groups in total. The topological polar surface area (TPSA) is 103 Å². The molecule has 0 bridgehead atoms. The van der Waals surface area contributed by atoms with Gasteiger partial charge >= 0.3 is 0 Å². The number of halogens is 1. The number of nitrogens with one attached hydrogen (secondary N) is 1. The smallest absolute Gasteiger partial charge is 0.162 e. The predicted molar refractivity (Wildman–Crippen MR) is 209 cm³/mol.